The average Bonchev–Trinajstić information content (AvgIpc) is 2.96. The summed E-state index contributed by atoms with van der Waals surface area (Å²) < 4.78 is 31.1. The van der Waals surface area contributed by atoms with Crippen LogP contribution in [0, 0.1) is 16.6 Å². The maximum Gasteiger partial charge on any atom is 0.165 e. The van der Waals surface area contributed by atoms with Crippen LogP contribution in [0.4, 0.5) is 4.39 Å². The summed E-state index contributed by atoms with van der Waals surface area (Å²) in [4.78, 5) is 30.7. The zero-order chi connectivity index (χ0) is 32.5. The molecule has 240 valence electrons. The number of ketones is 2. The maximum absolute atomic E-state index is 14.2. The molecule has 0 aromatic heterocycles. The lowest BCUT2D eigenvalue weighted by Gasteiger charge is -2.49. The largest absolute Gasteiger partial charge is 0.493 e. The first-order valence-electron chi connectivity index (χ1n) is 15.9. The topological polar surface area (TPSA) is 65.1 Å². The highest BCUT2D eigenvalue weighted by Gasteiger charge is 2.49. The van der Waals surface area contributed by atoms with Crippen LogP contribution in [0.5, 0.6) is 11.5 Å². The summed E-state index contributed by atoms with van der Waals surface area (Å²) in [7, 11) is 3.29. The van der Waals surface area contributed by atoms with Crippen molar-refractivity contribution in [2.75, 3.05) is 27.4 Å². The third-order valence-electron chi connectivity index (χ3n) is 9.12. The molecule has 1 aliphatic heterocycles. The zero-order valence-corrected chi connectivity index (χ0v) is 27.6. The summed E-state index contributed by atoms with van der Waals surface area (Å²) in [5, 5.41) is 0. The van der Waals surface area contributed by atoms with E-state index in [1.807, 2.05) is 12.1 Å². The molecule has 0 saturated heterocycles. The fourth-order valence-corrected chi connectivity index (χ4v) is 7.23. The standard InChI is InChI=1S/C38H46FNO5/c1-8-10-25-17-26(18-32(44-7)36(25)45-23-24-11-13-27(39)14-12-24)33-34-28(19-37(2,3)21-30(34)41)40(15-9-16-43-6)29-20-38(4,5)22-31(42)35(29)33/h8,11-14,17-18,33H,1,9-10,15-16,19-23H2,2-7H3. The molecular formula is C38H46FNO5. The van der Waals surface area contributed by atoms with Crippen molar-refractivity contribution in [2.24, 2.45) is 10.8 Å². The number of carbonyl (C=O) groups is 2. The summed E-state index contributed by atoms with van der Waals surface area (Å²) in [6.07, 6.45) is 5.43. The number of hydrogen-bond donors (Lipinski definition) is 0. The Hall–Kier alpha value is -3.71. The van der Waals surface area contributed by atoms with Crippen molar-refractivity contribution < 1.29 is 28.2 Å². The van der Waals surface area contributed by atoms with Crippen molar-refractivity contribution in [3.63, 3.8) is 0 Å². The Balaban J connectivity index is 1.68. The molecule has 0 unspecified atom stereocenters. The second-order valence-corrected chi connectivity index (χ2v) is 14.2. The number of hydrogen-bond acceptors (Lipinski definition) is 6. The Morgan fingerprint density at radius 3 is 2.07 bits per heavy atom. The van der Waals surface area contributed by atoms with Gasteiger partial charge in [-0.05, 0) is 65.8 Å². The van der Waals surface area contributed by atoms with E-state index in [0.29, 0.717) is 43.9 Å². The Morgan fingerprint density at radius 1 is 0.933 bits per heavy atom. The van der Waals surface area contributed by atoms with Gasteiger partial charge < -0.3 is 19.1 Å². The zero-order valence-electron chi connectivity index (χ0n) is 27.6. The molecule has 0 spiro atoms. The van der Waals surface area contributed by atoms with Crippen molar-refractivity contribution in [3.05, 3.63) is 94.1 Å². The molecule has 45 heavy (non-hydrogen) atoms. The molecule has 0 N–H and O–H groups in total. The fraction of sp³-hybridized carbons (Fsp3) is 0.474. The van der Waals surface area contributed by atoms with Crippen molar-refractivity contribution in [1.29, 1.82) is 0 Å². The van der Waals surface area contributed by atoms with Crippen LogP contribution >= 0.6 is 0 Å². The number of halogens is 1. The van der Waals surface area contributed by atoms with E-state index in [-0.39, 0.29) is 34.8 Å². The second kappa shape index (κ2) is 13.0. The Morgan fingerprint density at radius 2 is 1.53 bits per heavy atom. The van der Waals surface area contributed by atoms with Crippen molar-refractivity contribution in [3.8, 4) is 11.5 Å². The highest BCUT2D eigenvalue weighted by atomic mass is 19.1. The summed E-state index contributed by atoms with van der Waals surface area (Å²) in [6.45, 7) is 14.1. The van der Waals surface area contributed by atoms with E-state index in [9.17, 15) is 14.0 Å². The molecule has 0 saturated carbocycles. The van der Waals surface area contributed by atoms with E-state index in [1.54, 1.807) is 32.4 Å². The molecule has 7 heteroatoms. The van der Waals surface area contributed by atoms with Crippen LogP contribution in [0.2, 0.25) is 0 Å². The van der Waals surface area contributed by atoms with Gasteiger partial charge in [0.2, 0.25) is 0 Å². The molecule has 2 aliphatic carbocycles. The molecule has 0 radical (unpaired) electrons. The van der Waals surface area contributed by atoms with Gasteiger partial charge in [0.05, 0.1) is 7.11 Å². The average molecular weight is 616 g/mol. The van der Waals surface area contributed by atoms with E-state index in [0.717, 1.165) is 58.5 Å². The molecule has 1 heterocycles. The van der Waals surface area contributed by atoms with Crippen molar-refractivity contribution >= 4 is 11.6 Å². The lowest BCUT2D eigenvalue weighted by Crippen LogP contribution is -2.44. The maximum atomic E-state index is 14.2. The number of methoxy groups -OCH3 is 2. The Bertz CT molecular complexity index is 1490. The van der Waals surface area contributed by atoms with E-state index in [1.165, 1.54) is 12.1 Å². The molecule has 5 rings (SSSR count). The molecule has 2 aromatic rings. The predicted octanol–water partition coefficient (Wildman–Crippen LogP) is 7.86. The Labute approximate surface area is 266 Å². The molecule has 2 aromatic carbocycles. The van der Waals surface area contributed by atoms with Crippen molar-refractivity contribution in [1.82, 2.24) is 4.90 Å². The summed E-state index contributed by atoms with van der Waals surface area (Å²) in [5.74, 6) is 0.468. The van der Waals surface area contributed by atoms with Crippen LogP contribution < -0.4 is 9.47 Å². The fourth-order valence-electron chi connectivity index (χ4n) is 7.23. The third kappa shape index (κ3) is 6.79. The van der Waals surface area contributed by atoms with Gasteiger partial charge >= 0.3 is 0 Å². The second-order valence-electron chi connectivity index (χ2n) is 14.2. The first kappa shape index (κ1) is 32.7. The molecule has 0 bridgehead atoms. The quantitative estimate of drug-likeness (QED) is 0.189. The highest BCUT2D eigenvalue weighted by Crippen LogP contribution is 2.55. The lowest BCUT2D eigenvalue weighted by molar-refractivity contribution is -0.119. The first-order valence-corrected chi connectivity index (χ1v) is 15.9. The number of benzene rings is 2. The van der Waals surface area contributed by atoms with E-state index < -0.39 is 5.92 Å². The third-order valence-corrected chi connectivity index (χ3v) is 9.12. The van der Waals surface area contributed by atoms with Gasteiger partial charge in [0.25, 0.3) is 0 Å². The summed E-state index contributed by atoms with van der Waals surface area (Å²) in [5.41, 5.74) is 5.63. The Kier molecular flexibility index (Phi) is 9.41. The molecule has 6 nitrogen and oxygen atoms in total. The van der Waals surface area contributed by atoms with E-state index >= 15 is 0 Å². The number of nitrogens with zero attached hydrogens (tertiary/aromatic N) is 1. The van der Waals surface area contributed by atoms with Crippen molar-refractivity contribution in [2.45, 2.75) is 78.7 Å². The summed E-state index contributed by atoms with van der Waals surface area (Å²) >= 11 is 0. The van der Waals surface area contributed by atoms with Crippen LogP contribution in [-0.2, 0) is 27.4 Å². The van der Waals surface area contributed by atoms with Gasteiger partial charge in [-0.25, -0.2) is 4.39 Å². The van der Waals surface area contributed by atoms with Gasteiger partial charge in [-0.1, -0.05) is 52.0 Å². The number of carbonyl (C=O) groups excluding carboxylic acids is 2. The molecule has 0 atom stereocenters. The van der Waals surface area contributed by atoms with E-state index in [2.05, 4.69) is 39.2 Å². The number of rotatable bonds is 11. The van der Waals surface area contributed by atoms with Gasteiger partial charge in [0.1, 0.15) is 12.4 Å². The van der Waals surface area contributed by atoms with Gasteiger partial charge in [-0.3, -0.25) is 9.59 Å². The molecule has 3 aliphatic rings. The molecule has 0 amide bonds. The molecular weight excluding hydrogens is 569 g/mol. The highest BCUT2D eigenvalue weighted by molar-refractivity contribution is 6.06. The number of Topliss-reactive ketones (excluding diaryl/α,β-unsaturated/α-hetero) is 2. The minimum absolute atomic E-state index is 0.0908. The van der Waals surface area contributed by atoms with Gasteiger partial charge in [0, 0.05) is 67.1 Å². The molecule has 0 fully saturated rings. The van der Waals surface area contributed by atoms with Crippen LogP contribution in [0.1, 0.15) is 82.4 Å². The SMILES string of the molecule is C=CCc1cc(C2C3=C(CC(C)(C)CC3=O)N(CCCOC)C3=C2C(=O)CC(C)(C)C3)cc(OC)c1OCc1ccc(F)cc1. The predicted molar refractivity (Wildman–Crippen MR) is 174 cm³/mol. The normalized spacial score (nSPS) is 19.4. The first-order chi connectivity index (χ1) is 21.4. The smallest absolute Gasteiger partial charge is 0.165 e. The number of ether oxygens (including phenoxy) is 3. The number of allylic oxidation sites excluding steroid dienone is 5. The summed E-state index contributed by atoms with van der Waals surface area (Å²) in [6, 6.07) is 10.2. The monoisotopic (exact) mass is 615 g/mol. The van der Waals surface area contributed by atoms with Gasteiger partial charge in [-0.15, -0.1) is 6.58 Å². The minimum atomic E-state index is -0.496. The van der Waals surface area contributed by atoms with Gasteiger partial charge in [-0.2, -0.15) is 0 Å². The van der Waals surface area contributed by atoms with Crippen LogP contribution in [0.25, 0.3) is 0 Å². The van der Waals surface area contributed by atoms with Crippen LogP contribution in [0.15, 0.2) is 71.6 Å². The minimum Gasteiger partial charge on any atom is -0.493 e. The van der Waals surface area contributed by atoms with Crippen LogP contribution in [0.3, 0.4) is 0 Å². The van der Waals surface area contributed by atoms with Crippen LogP contribution in [-0.4, -0.2) is 43.8 Å². The van der Waals surface area contributed by atoms with E-state index in [4.69, 9.17) is 14.2 Å². The lowest BCUT2D eigenvalue weighted by atomic mass is 9.63. The van der Waals surface area contributed by atoms with Gasteiger partial charge in [0.15, 0.2) is 23.1 Å².